The van der Waals surface area contributed by atoms with Crippen LogP contribution in [0.25, 0.3) is 0 Å². The SMILES string of the molecule is c1ccc2c(c1)OCC2NCc1cc[nH]c1. The van der Waals surface area contributed by atoms with Crippen LogP contribution >= 0.6 is 0 Å². The van der Waals surface area contributed by atoms with Crippen LogP contribution < -0.4 is 10.1 Å². The molecule has 1 aromatic heterocycles. The maximum atomic E-state index is 5.61. The first-order valence-corrected chi connectivity index (χ1v) is 5.50. The third kappa shape index (κ3) is 1.70. The lowest BCUT2D eigenvalue weighted by Crippen LogP contribution is -2.21. The summed E-state index contributed by atoms with van der Waals surface area (Å²) < 4.78 is 5.61. The first kappa shape index (κ1) is 9.48. The molecule has 0 saturated heterocycles. The van der Waals surface area contributed by atoms with Crippen LogP contribution in [0.4, 0.5) is 0 Å². The number of rotatable bonds is 3. The van der Waals surface area contributed by atoms with E-state index in [9.17, 15) is 0 Å². The molecule has 3 nitrogen and oxygen atoms in total. The Bertz CT molecular complexity index is 465. The van der Waals surface area contributed by atoms with Crippen molar-refractivity contribution < 1.29 is 4.74 Å². The predicted molar refractivity (Wildman–Crippen MR) is 62.3 cm³/mol. The Balaban J connectivity index is 1.69. The monoisotopic (exact) mass is 214 g/mol. The number of H-pyrrole nitrogens is 1. The first-order valence-electron chi connectivity index (χ1n) is 5.50. The second-order valence-corrected chi connectivity index (χ2v) is 4.00. The van der Waals surface area contributed by atoms with Crippen molar-refractivity contribution in [1.29, 1.82) is 0 Å². The summed E-state index contributed by atoms with van der Waals surface area (Å²) in [5, 5.41) is 3.50. The van der Waals surface area contributed by atoms with Crippen LogP contribution in [0.1, 0.15) is 17.2 Å². The number of nitrogens with one attached hydrogen (secondary N) is 2. The van der Waals surface area contributed by atoms with Crippen LogP contribution in [0.5, 0.6) is 5.75 Å². The number of hydrogen-bond donors (Lipinski definition) is 2. The van der Waals surface area contributed by atoms with Crippen molar-refractivity contribution in [2.24, 2.45) is 0 Å². The topological polar surface area (TPSA) is 37.0 Å². The van der Waals surface area contributed by atoms with Gasteiger partial charge in [0.15, 0.2) is 0 Å². The van der Waals surface area contributed by atoms with E-state index in [2.05, 4.69) is 28.5 Å². The second-order valence-electron chi connectivity index (χ2n) is 4.00. The minimum absolute atomic E-state index is 0.311. The number of ether oxygens (including phenoxy) is 1. The summed E-state index contributed by atoms with van der Waals surface area (Å²) in [6.07, 6.45) is 3.95. The third-order valence-electron chi connectivity index (χ3n) is 2.91. The van der Waals surface area contributed by atoms with Gasteiger partial charge in [0.25, 0.3) is 0 Å². The van der Waals surface area contributed by atoms with Crippen molar-refractivity contribution in [2.45, 2.75) is 12.6 Å². The zero-order valence-electron chi connectivity index (χ0n) is 8.94. The molecule has 0 bridgehead atoms. The van der Waals surface area contributed by atoms with Crippen LogP contribution in [-0.2, 0) is 6.54 Å². The molecule has 2 heterocycles. The minimum atomic E-state index is 0.311. The molecule has 82 valence electrons. The smallest absolute Gasteiger partial charge is 0.124 e. The van der Waals surface area contributed by atoms with Crippen LogP contribution in [0.15, 0.2) is 42.7 Å². The summed E-state index contributed by atoms with van der Waals surface area (Å²) in [6, 6.07) is 10.6. The molecule has 3 rings (SSSR count). The molecule has 1 aliphatic rings. The molecule has 0 aliphatic carbocycles. The molecule has 0 amide bonds. The lowest BCUT2D eigenvalue weighted by Gasteiger charge is -2.10. The van der Waals surface area contributed by atoms with Crippen LogP contribution in [-0.4, -0.2) is 11.6 Å². The molecule has 0 radical (unpaired) electrons. The van der Waals surface area contributed by atoms with Gasteiger partial charge in [0.05, 0.1) is 6.04 Å². The van der Waals surface area contributed by atoms with E-state index in [1.165, 1.54) is 11.1 Å². The first-order chi connectivity index (χ1) is 7.93. The summed E-state index contributed by atoms with van der Waals surface area (Å²) in [7, 11) is 0. The fourth-order valence-corrected chi connectivity index (χ4v) is 2.04. The fraction of sp³-hybridized carbons (Fsp3) is 0.231. The van der Waals surface area contributed by atoms with Gasteiger partial charge in [0.2, 0.25) is 0 Å². The Hall–Kier alpha value is -1.74. The lowest BCUT2D eigenvalue weighted by molar-refractivity contribution is 0.310. The molecule has 2 N–H and O–H groups in total. The molecule has 1 unspecified atom stereocenters. The molecule has 0 spiro atoms. The van der Waals surface area contributed by atoms with E-state index < -0.39 is 0 Å². The number of aromatic nitrogens is 1. The molecular weight excluding hydrogens is 200 g/mol. The van der Waals surface area contributed by atoms with Crippen molar-refractivity contribution in [2.75, 3.05) is 6.61 Å². The summed E-state index contributed by atoms with van der Waals surface area (Å²) in [6.45, 7) is 1.59. The molecule has 1 atom stereocenters. The average Bonchev–Trinajstić information content (AvgIpc) is 2.96. The molecule has 0 fully saturated rings. The van der Waals surface area contributed by atoms with Crippen molar-refractivity contribution in [1.82, 2.24) is 10.3 Å². The van der Waals surface area contributed by atoms with Crippen molar-refractivity contribution in [3.05, 3.63) is 53.9 Å². The van der Waals surface area contributed by atoms with Crippen molar-refractivity contribution >= 4 is 0 Å². The van der Waals surface area contributed by atoms with Crippen LogP contribution in [0, 0.1) is 0 Å². The van der Waals surface area contributed by atoms with E-state index in [-0.39, 0.29) is 0 Å². The van der Waals surface area contributed by atoms with Crippen molar-refractivity contribution in [3.63, 3.8) is 0 Å². The molecular formula is C13H14N2O. The van der Waals surface area contributed by atoms with E-state index in [0.29, 0.717) is 6.04 Å². The molecule has 2 aromatic rings. The normalized spacial score (nSPS) is 18.1. The van der Waals surface area contributed by atoms with E-state index >= 15 is 0 Å². The number of aromatic amines is 1. The van der Waals surface area contributed by atoms with Gasteiger partial charge in [-0.15, -0.1) is 0 Å². The minimum Gasteiger partial charge on any atom is -0.491 e. The highest BCUT2D eigenvalue weighted by Crippen LogP contribution is 2.31. The number of fused-ring (bicyclic) bond motifs is 1. The van der Waals surface area contributed by atoms with Crippen LogP contribution in [0.3, 0.4) is 0 Å². The molecule has 3 heteroatoms. The molecule has 16 heavy (non-hydrogen) atoms. The molecule has 1 aliphatic heterocycles. The number of hydrogen-bond acceptors (Lipinski definition) is 2. The summed E-state index contributed by atoms with van der Waals surface area (Å²) in [4.78, 5) is 3.05. The largest absolute Gasteiger partial charge is 0.491 e. The van der Waals surface area contributed by atoms with E-state index in [0.717, 1.165) is 18.9 Å². The average molecular weight is 214 g/mol. The maximum Gasteiger partial charge on any atom is 0.124 e. The van der Waals surface area contributed by atoms with Gasteiger partial charge in [-0.2, -0.15) is 0 Å². The zero-order valence-corrected chi connectivity index (χ0v) is 8.94. The summed E-state index contributed by atoms with van der Waals surface area (Å²) >= 11 is 0. The second kappa shape index (κ2) is 4.02. The maximum absolute atomic E-state index is 5.61. The third-order valence-corrected chi connectivity index (χ3v) is 2.91. The van der Waals surface area contributed by atoms with Gasteiger partial charge in [-0.05, 0) is 17.7 Å². The summed E-state index contributed by atoms with van der Waals surface area (Å²) in [5.41, 5.74) is 2.53. The number of benzene rings is 1. The Kier molecular flexibility index (Phi) is 2.38. The van der Waals surface area contributed by atoms with Gasteiger partial charge in [-0.3, -0.25) is 0 Å². The van der Waals surface area contributed by atoms with E-state index in [1.807, 2.05) is 24.5 Å². The summed E-state index contributed by atoms with van der Waals surface area (Å²) in [5.74, 6) is 1.01. The van der Waals surface area contributed by atoms with Gasteiger partial charge < -0.3 is 15.0 Å². The van der Waals surface area contributed by atoms with Gasteiger partial charge in [0.1, 0.15) is 12.4 Å². The van der Waals surface area contributed by atoms with Gasteiger partial charge in [-0.25, -0.2) is 0 Å². The fourth-order valence-electron chi connectivity index (χ4n) is 2.04. The van der Waals surface area contributed by atoms with Crippen LogP contribution in [0.2, 0.25) is 0 Å². The molecule has 0 saturated carbocycles. The Morgan fingerprint density at radius 3 is 3.12 bits per heavy atom. The highest BCUT2D eigenvalue weighted by molar-refractivity contribution is 5.39. The Labute approximate surface area is 94.5 Å². The molecule has 1 aromatic carbocycles. The highest BCUT2D eigenvalue weighted by Gasteiger charge is 2.22. The standard InChI is InChI=1S/C13H14N2O/c1-2-4-13-11(3-1)12(9-16-13)15-8-10-5-6-14-7-10/h1-7,12,14-15H,8-9H2. The zero-order chi connectivity index (χ0) is 10.8. The Morgan fingerprint density at radius 1 is 1.31 bits per heavy atom. The van der Waals surface area contributed by atoms with Gasteiger partial charge in [-0.1, -0.05) is 18.2 Å². The highest BCUT2D eigenvalue weighted by atomic mass is 16.5. The quantitative estimate of drug-likeness (QED) is 0.822. The predicted octanol–water partition coefficient (Wildman–Crippen LogP) is 2.24. The van der Waals surface area contributed by atoms with Gasteiger partial charge >= 0.3 is 0 Å². The number of para-hydroxylation sites is 1. The van der Waals surface area contributed by atoms with Gasteiger partial charge in [0, 0.05) is 24.5 Å². The Morgan fingerprint density at radius 2 is 2.25 bits per heavy atom. The van der Waals surface area contributed by atoms with E-state index in [4.69, 9.17) is 4.74 Å². The van der Waals surface area contributed by atoms with E-state index in [1.54, 1.807) is 0 Å². The lowest BCUT2D eigenvalue weighted by atomic mass is 10.1. The van der Waals surface area contributed by atoms with Crippen molar-refractivity contribution in [3.8, 4) is 5.75 Å².